The van der Waals surface area contributed by atoms with Gasteiger partial charge in [-0.05, 0) is 30.3 Å². The maximum atomic E-state index is 13.8. The molecule has 0 saturated carbocycles. The lowest BCUT2D eigenvalue weighted by molar-refractivity contribution is -0.251. The molecule has 130 valence electrons. The van der Waals surface area contributed by atoms with Crippen molar-refractivity contribution in [3.8, 4) is 0 Å². The van der Waals surface area contributed by atoms with E-state index in [4.69, 9.17) is 11.6 Å². The number of carbonyl (C=O) groups is 2. The number of alkyl halides is 3. The minimum absolute atomic E-state index is 0.130. The summed E-state index contributed by atoms with van der Waals surface area (Å²) in [7, 11) is 0. The monoisotopic (exact) mass is 373 g/mol. The number of esters is 1. The van der Waals surface area contributed by atoms with Gasteiger partial charge in [0.15, 0.2) is 0 Å². The number of carbonyl (C=O) groups excluding carboxylic acids is 2. The van der Waals surface area contributed by atoms with Crippen LogP contribution in [0, 0.1) is 5.82 Å². The van der Waals surface area contributed by atoms with Crippen LogP contribution in [0.25, 0.3) is 0 Å². The molecular formula is C16H8ClF4NO3. The van der Waals surface area contributed by atoms with Crippen molar-refractivity contribution in [3.05, 3.63) is 64.4 Å². The predicted octanol–water partition coefficient (Wildman–Crippen LogP) is 4.05. The first-order valence-corrected chi connectivity index (χ1v) is 7.20. The highest BCUT2D eigenvalue weighted by molar-refractivity contribution is 6.34. The van der Waals surface area contributed by atoms with Gasteiger partial charge in [-0.15, -0.1) is 0 Å². The molecule has 4 nitrogen and oxygen atoms in total. The number of benzene rings is 2. The summed E-state index contributed by atoms with van der Waals surface area (Å²) in [5.41, 5.74) is -4.78. The Bertz CT molecular complexity index is 867. The highest BCUT2D eigenvalue weighted by Crippen LogP contribution is 2.51. The maximum Gasteiger partial charge on any atom is 0.442 e. The van der Waals surface area contributed by atoms with Crippen LogP contribution < -0.4 is 5.32 Å². The number of anilines is 1. The van der Waals surface area contributed by atoms with Crippen LogP contribution in [0.1, 0.15) is 15.9 Å². The molecule has 1 aliphatic heterocycles. The molecule has 0 aliphatic carbocycles. The maximum absolute atomic E-state index is 13.8. The number of para-hydroxylation sites is 1. The highest BCUT2D eigenvalue weighted by atomic mass is 35.5. The summed E-state index contributed by atoms with van der Waals surface area (Å²) in [5.74, 6) is -3.70. The van der Waals surface area contributed by atoms with Gasteiger partial charge in [0.05, 0.1) is 16.3 Å². The average molecular weight is 374 g/mol. The fourth-order valence-electron chi connectivity index (χ4n) is 2.49. The second-order valence-electron chi connectivity index (χ2n) is 5.19. The number of amides is 1. The van der Waals surface area contributed by atoms with Gasteiger partial charge in [-0.2, -0.15) is 13.2 Å². The third kappa shape index (κ3) is 2.62. The molecular weight excluding hydrogens is 366 g/mol. The Hall–Kier alpha value is -2.61. The zero-order valence-corrected chi connectivity index (χ0v) is 12.9. The third-order valence-corrected chi connectivity index (χ3v) is 3.99. The van der Waals surface area contributed by atoms with Crippen molar-refractivity contribution in [1.82, 2.24) is 0 Å². The van der Waals surface area contributed by atoms with Crippen molar-refractivity contribution in [1.29, 1.82) is 0 Å². The van der Waals surface area contributed by atoms with E-state index in [0.29, 0.717) is 0 Å². The summed E-state index contributed by atoms with van der Waals surface area (Å²) < 4.78 is 58.9. The number of nitrogens with one attached hydrogen (secondary N) is 1. The number of fused-ring (bicyclic) bond motifs is 1. The lowest BCUT2D eigenvalue weighted by Crippen LogP contribution is -2.51. The Morgan fingerprint density at radius 3 is 2.36 bits per heavy atom. The van der Waals surface area contributed by atoms with Crippen LogP contribution in [0.5, 0.6) is 0 Å². The SMILES string of the molecule is O=C(O[C@@]1(C(F)(F)F)C(=O)Nc2c(Cl)cccc21)c1ccc(F)cc1. The van der Waals surface area contributed by atoms with E-state index in [-0.39, 0.29) is 16.3 Å². The minimum atomic E-state index is -5.25. The number of ether oxygens (including phenoxy) is 1. The van der Waals surface area contributed by atoms with Gasteiger partial charge < -0.3 is 10.1 Å². The molecule has 0 bridgehead atoms. The van der Waals surface area contributed by atoms with E-state index in [1.165, 1.54) is 12.1 Å². The molecule has 3 rings (SSSR count). The van der Waals surface area contributed by atoms with E-state index < -0.39 is 35.0 Å². The van der Waals surface area contributed by atoms with Crippen molar-refractivity contribution in [2.24, 2.45) is 0 Å². The van der Waals surface area contributed by atoms with Gasteiger partial charge in [0.1, 0.15) is 5.82 Å². The standard InChI is InChI=1S/C16H8ClF4NO3/c17-11-3-1-2-10-12(11)22-14(24)15(10,16(19,20)21)25-13(23)8-4-6-9(18)7-5-8/h1-7H,(H,22,24)/t15-/m1/s1. The Morgan fingerprint density at radius 2 is 1.76 bits per heavy atom. The molecule has 2 aromatic rings. The van der Waals surface area contributed by atoms with Crippen molar-refractivity contribution in [2.45, 2.75) is 11.8 Å². The van der Waals surface area contributed by atoms with Gasteiger partial charge in [0, 0.05) is 5.56 Å². The topological polar surface area (TPSA) is 55.4 Å². The van der Waals surface area contributed by atoms with E-state index in [9.17, 15) is 27.2 Å². The normalized spacial score (nSPS) is 19.3. The van der Waals surface area contributed by atoms with E-state index in [0.717, 1.165) is 30.3 Å². The lowest BCUT2D eigenvalue weighted by atomic mass is 9.94. The average Bonchev–Trinajstić information content (AvgIpc) is 2.82. The van der Waals surface area contributed by atoms with Crippen molar-refractivity contribution in [2.75, 3.05) is 5.32 Å². The Labute approximate surface area is 143 Å². The first-order valence-electron chi connectivity index (χ1n) is 6.83. The molecule has 25 heavy (non-hydrogen) atoms. The smallest absolute Gasteiger partial charge is 0.430 e. The van der Waals surface area contributed by atoms with Crippen LogP contribution in [0.3, 0.4) is 0 Å². The Morgan fingerprint density at radius 1 is 1.12 bits per heavy atom. The van der Waals surface area contributed by atoms with Crippen molar-refractivity contribution < 1.29 is 31.9 Å². The largest absolute Gasteiger partial charge is 0.442 e. The van der Waals surface area contributed by atoms with Crippen LogP contribution in [0.15, 0.2) is 42.5 Å². The lowest BCUT2D eigenvalue weighted by Gasteiger charge is -2.29. The van der Waals surface area contributed by atoms with Crippen molar-refractivity contribution in [3.63, 3.8) is 0 Å². The highest BCUT2D eigenvalue weighted by Gasteiger charge is 2.69. The van der Waals surface area contributed by atoms with Crippen LogP contribution in [0.2, 0.25) is 5.02 Å². The number of rotatable bonds is 2. The summed E-state index contributed by atoms with van der Waals surface area (Å²) in [6.07, 6.45) is -5.25. The van der Waals surface area contributed by atoms with Gasteiger partial charge in [0.2, 0.25) is 0 Å². The first kappa shape index (κ1) is 17.2. The zero-order valence-electron chi connectivity index (χ0n) is 12.2. The molecule has 1 amide bonds. The molecule has 0 aromatic heterocycles. The molecule has 0 fully saturated rings. The van der Waals surface area contributed by atoms with Gasteiger partial charge in [-0.25, -0.2) is 9.18 Å². The molecule has 9 heteroatoms. The van der Waals surface area contributed by atoms with Crippen LogP contribution in [0.4, 0.5) is 23.2 Å². The minimum Gasteiger partial charge on any atom is -0.430 e. The number of hydrogen-bond donors (Lipinski definition) is 1. The second kappa shape index (κ2) is 5.73. The molecule has 1 heterocycles. The van der Waals surface area contributed by atoms with Gasteiger partial charge in [-0.1, -0.05) is 23.7 Å². The molecule has 0 unspecified atom stereocenters. The molecule has 1 atom stereocenters. The number of hydrogen-bond acceptors (Lipinski definition) is 3. The van der Waals surface area contributed by atoms with Crippen LogP contribution >= 0.6 is 11.6 Å². The van der Waals surface area contributed by atoms with Crippen molar-refractivity contribution >= 4 is 29.2 Å². The van der Waals surface area contributed by atoms with Gasteiger partial charge in [-0.3, -0.25) is 4.79 Å². The fraction of sp³-hybridized carbons (Fsp3) is 0.125. The van der Waals surface area contributed by atoms with E-state index in [1.807, 2.05) is 5.32 Å². The summed E-state index contributed by atoms with van der Waals surface area (Å²) in [6.45, 7) is 0. The quantitative estimate of drug-likeness (QED) is 0.638. The molecule has 1 aliphatic rings. The summed E-state index contributed by atoms with van der Waals surface area (Å²) in [5, 5.41) is 1.87. The summed E-state index contributed by atoms with van der Waals surface area (Å²) in [6, 6.07) is 7.15. The Kier molecular flexibility index (Phi) is 3.95. The molecule has 2 aromatic carbocycles. The third-order valence-electron chi connectivity index (χ3n) is 3.68. The van der Waals surface area contributed by atoms with E-state index >= 15 is 0 Å². The van der Waals surface area contributed by atoms with Gasteiger partial charge in [0.25, 0.3) is 5.91 Å². The van der Waals surface area contributed by atoms with Gasteiger partial charge >= 0.3 is 17.7 Å². The second-order valence-corrected chi connectivity index (χ2v) is 5.60. The summed E-state index contributed by atoms with van der Waals surface area (Å²) in [4.78, 5) is 24.3. The molecule has 0 spiro atoms. The summed E-state index contributed by atoms with van der Waals surface area (Å²) >= 11 is 5.82. The molecule has 0 radical (unpaired) electrons. The number of halogens is 5. The molecule has 1 N–H and O–H groups in total. The van der Waals surface area contributed by atoms with E-state index in [2.05, 4.69) is 4.74 Å². The van der Waals surface area contributed by atoms with Crippen LogP contribution in [-0.4, -0.2) is 18.1 Å². The fourth-order valence-corrected chi connectivity index (χ4v) is 2.71. The van der Waals surface area contributed by atoms with E-state index in [1.54, 1.807) is 0 Å². The Balaban J connectivity index is 2.11. The molecule has 0 saturated heterocycles. The first-order chi connectivity index (χ1) is 11.7. The zero-order chi connectivity index (χ0) is 18.4. The predicted molar refractivity (Wildman–Crippen MR) is 79.6 cm³/mol. The van der Waals surface area contributed by atoms with Crippen LogP contribution in [-0.2, 0) is 15.1 Å².